The quantitative estimate of drug-likeness (QED) is 0.866. The molecule has 3 rings (SSSR count). The highest BCUT2D eigenvalue weighted by Crippen LogP contribution is 2.27. The number of benzene rings is 1. The van der Waals surface area contributed by atoms with Gasteiger partial charge in [0.1, 0.15) is 23.3 Å². The maximum Gasteiger partial charge on any atom is 0.143 e. The molecule has 0 amide bonds. The summed E-state index contributed by atoms with van der Waals surface area (Å²) in [6, 6.07) is 8.89. The molecule has 1 aliphatic heterocycles. The number of nitriles is 1. The standard InChI is InChI=1S/C17H18FN5/c1-22(12-17-20-7-3-8-21-17)13-6-9-23(11-13)16-5-2-4-15(18)14(16)10-19/h2-5,7-8,13H,6,9,11-12H2,1H3. The molecule has 23 heavy (non-hydrogen) atoms. The van der Waals surface area contributed by atoms with Crippen molar-refractivity contribution in [3.8, 4) is 6.07 Å². The van der Waals surface area contributed by atoms with Gasteiger partial charge >= 0.3 is 0 Å². The van der Waals surface area contributed by atoms with Gasteiger partial charge < -0.3 is 4.90 Å². The van der Waals surface area contributed by atoms with E-state index < -0.39 is 5.82 Å². The molecule has 0 spiro atoms. The molecule has 1 aromatic carbocycles. The van der Waals surface area contributed by atoms with Crippen LogP contribution in [0, 0.1) is 17.1 Å². The van der Waals surface area contributed by atoms with Crippen molar-refractivity contribution in [1.29, 1.82) is 5.26 Å². The van der Waals surface area contributed by atoms with Gasteiger partial charge in [-0.3, -0.25) is 4.90 Å². The van der Waals surface area contributed by atoms with E-state index in [-0.39, 0.29) is 5.56 Å². The van der Waals surface area contributed by atoms with Crippen LogP contribution in [0.4, 0.5) is 10.1 Å². The first-order valence-corrected chi connectivity index (χ1v) is 7.58. The topological polar surface area (TPSA) is 56.1 Å². The van der Waals surface area contributed by atoms with Crippen LogP contribution in [0.5, 0.6) is 0 Å². The monoisotopic (exact) mass is 311 g/mol. The summed E-state index contributed by atoms with van der Waals surface area (Å²) in [5.41, 5.74) is 0.807. The molecule has 0 saturated carbocycles. The molecule has 0 bridgehead atoms. The molecule has 1 unspecified atom stereocenters. The van der Waals surface area contributed by atoms with Crippen LogP contribution in [-0.4, -0.2) is 41.0 Å². The Balaban J connectivity index is 1.69. The van der Waals surface area contributed by atoms with Crippen LogP contribution in [0.25, 0.3) is 0 Å². The van der Waals surface area contributed by atoms with Gasteiger partial charge in [0, 0.05) is 31.5 Å². The van der Waals surface area contributed by atoms with Gasteiger partial charge in [-0.05, 0) is 31.7 Å². The number of hydrogen-bond acceptors (Lipinski definition) is 5. The molecule has 1 saturated heterocycles. The Morgan fingerprint density at radius 1 is 1.35 bits per heavy atom. The lowest BCUT2D eigenvalue weighted by atomic mass is 10.1. The highest BCUT2D eigenvalue weighted by Gasteiger charge is 2.28. The van der Waals surface area contributed by atoms with E-state index in [0.717, 1.165) is 25.3 Å². The highest BCUT2D eigenvalue weighted by molar-refractivity contribution is 5.60. The van der Waals surface area contributed by atoms with Crippen molar-refractivity contribution < 1.29 is 4.39 Å². The molecule has 5 nitrogen and oxygen atoms in total. The average molecular weight is 311 g/mol. The second kappa shape index (κ2) is 6.71. The lowest BCUT2D eigenvalue weighted by Crippen LogP contribution is -2.34. The minimum absolute atomic E-state index is 0.127. The fourth-order valence-electron chi connectivity index (χ4n) is 2.97. The Labute approximate surface area is 135 Å². The smallest absolute Gasteiger partial charge is 0.143 e. The molecular formula is C17H18FN5. The molecular weight excluding hydrogens is 293 g/mol. The third-order valence-electron chi connectivity index (χ3n) is 4.24. The maximum absolute atomic E-state index is 13.8. The number of likely N-dealkylation sites (N-methyl/N-ethyl adjacent to an activating group) is 1. The van der Waals surface area contributed by atoms with Gasteiger partial charge in [0.2, 0.25) is 0 Å². The summed E-state index contributed by atoms with van der Waals surface area (Å²) in [6.07, 6.45) is 4.44. The van der Waals surface area contributed by atoms with Crippen molar-refractivity contribution in [3.63, 3.8) is 0 Å². The van der Waals surface area contributed by atoms with Gasteiger partial charge in [-0.2, -0.15) is 5.26 Å². The van der Waals surface area contributed by atoms with E-state index >= 15 is 0 Å². The molecule has 0 aliphatic carbocycles. The fourth-order valence-corrected chi connectivity index (χ4v) is 2.97. The normalized spacial score (nSPS) is 17.5. The predicted octanol–water partition coefficient (Wildman–Crippen LogP) is 2.20. The number of anilines is 1. The largest absolute Gasteiger partial charge is 0.369 e. The molecule has 1 fully saturated rings. The van der Waals surface area contributed by atoms with E-state index in [2.05, 4.69) is 19.8 Å². The second-order valence-corrected chi connectivity index (χ2v) is 5.71. The Hall–Kier alpha value is -2.52. The number of hydrogen-bond donors (Lipinski definition) is 0. The third kappa shape index (κ3) is 3.30. The van der Waals surface area contributed by atoms with Crippen molar-refractivity contribution in [2.24, 2.45) is 0 Å². The summed E-state index contributed by atoms with van der Waals surface area (Å²) in [5.74, 6) is 0.330. The van der Waals surface area contributed by atoms with E-state index in [1.54, 1.807) is 24.5 Å². The molecule has 0 N–H and O–H groups in total. The third-order valence-corrected chi connectivity index (χ3v) is 4.24. The first kappa shape index (κ1) is 15.4. The lowest BCUT2D eigenvalue weighted by Gasteiger charge is -2.25. The van der Waals surface area contributed by atoms with Gasteiger partial charge in [-0.15, -0.1) is 0 Å². The zero-order valence-corrected chi connectivity index (χ0v) is 13.0. The first-order chi connectivity index (χ1) is 11.2. The Bertz CT molecular complexity index is 713. The zero-order valence-electron chi connectivity index (χ0n) is 13.0. The van der Waals surface area contributed by atoms with E-state index in [1.807, 2.05) is 19.2 Å². The molecule has 1 aromatic heterocycles. The molecule has 6 heteroatoms. The van der Waals surface area contributed by atoms with E-state index in [1.165, 1.54) is 6.07 Å². The Morgan fingerprint density at radius 2 is 2.13 bits per heavy atom. The van der Waals surface area contributed by atoms with Gasteiger partial charge in [-0.25, -0.2) is 14.4 Å². The van der Waals surface area contributed by atoms with Crippen LogP contribution >= 0.6 is 0 Å². The summed E-state index contributed by atoms with van der Waals surface area (Å²) >= 11 is 0. The zero-order chi connectivity index (χ0) is 16.2. The highest BCUT2D eigenvalue weighted by atomic mass is 19.1. The van der Waals surface area contributed by atoms with Gasteiger partial charge in [0.15, 0.2) is 0 Å². The summed E-state index contributed by atoms with van der Waals surface area (Å²) in [7, 11) is 2.04. The van der Waals surface area contributed by atoms with Gasteiger partial charge in [-0.1, -0.05) is 6.07 Å². The Morgan fingerprint density at radius 3 is 2.87 bits per heavy atom. The van der Waals surface area contributed by atoms with Crippen molar-refractivity contribution in [1.82, 2.24) is 14.9 Å². The van der Waals surface area contributed by atoms with E-state index in [0.29, 0.717) is 18.3 Å². The molecule has 2 heterocycles. The average Bonchev–Trinajstić information content (AvgIpc) is 3.05. The minimum atomic E-state index is -0.459. The number of halogens is 1. The summed E-state index contributed by atoms with van der Waals surface area (Å²) in [6.45, 7) is 2.25. The SMILES string of the molecule is CN(Cc1ncccn1)C1CCN(c2cccc(F)c2C#N)C1. The minimum Gasteiger partial charge on any atom is -0.369 e. The molecule has 2 aromatic rings. The van der Waals surface area contributed by atoms with Gasteiger partial charge in [0.05, 0.1) is 12.2 Å². The van der Waals surface area contributed by atoms with Gasteiger partial charge in [0.25, 0.3) is 0 Å². The molecule has 1 atom stereocenters. The van der Waals surface area contributed by atoms with E-state index in [4.69, 9.17) is 0 Å². The predicted molar refractivity (Wildman–Crippen MR) is 85.2 cm³/mol. The van der Waals surface area contributed by atoms with Crippen LogP contribution in [0.15, 0.2) is 36.7 Å². The summed E-state index contributed by atoms with van der Waals surface area (Å²) in [5, 5.41) is 9.19. The number of nitrogens with zero attached hydrogens (tertiary/aromatic N) is 5. The van der Waals surface area contributed by atoms with Crippen LogP contribution in [0.1, 0.15) is 17.8 Å². The van der Waals surface area contributed by atoms with E-state index in [9.17, 15) is 9.65 Å². The van der Waals surface area contributed by atoms with Crippen molar-refractivity contribution in [2.75, 3.05) is 25.0 Å². The fraction of sp³-hybridized carbons (Fsp3) is 0.353. The van der Waals surface area contributed by atoms with Crippen molar-refractivity contribution >= 4 is 5.69 Å². The van der Waals surface area contributed by atoms with Crippen LogP contribution < -0.4 is 4.90 Å². The van der Waals surface area contributed by atoms with Crippen molar-refractivity contribution in [2.45, 2.75) is 19.0 Å². The molecule has 1 aliphatic rings. The van der Waals surface area contributed by atoms with Crippen molar-refractivity contribution in [3.05, 3.63) is 53.9 Å². The maximum atomic E-state index is 13.8. The van der Waals surface area contributed by atoms with Crippen LogP contribution in [-0.2, 0) is 6.54 Å². The van der Waals surface area contributed by atoms with Crippen LogP contribution in [0.3, 0.4) is 0 Å². The number of rotatable bonds is 4. The van der Waals surface area contributed by atoms with Crippen LogP contribution in [0.2, 0.25) is 0 Å². The number of aromatic nitrogens is 2. The second-order valence-electron chi connectivity index (χ2n) is 5.71. The molecule has 0 radical (unpaired) electrons. The lowest BCUT2D eigenvalue weighted by molar-refractivity contribution is 0.244. The summed E-state index contributed by atoms with van der Waals surface area (Å²) in [4.78, 5) is 12.8. The first-order valence-electron chi connectivity index (χ1n) is 7.58. The summed E-state index contributed by atoms with van der Waals surface area (Å²) < 4.78 is 13.8. The Kier molecular flexibility index (Phi) is 4.49. The molecule has 118 valence electrons.